The van der Waals surface area contributed by atoms with Gasteiger partial charge in [-0.25, -0.2) is 0 Å². The van der Waals surface area contributed by atoms with Crippen molar-refractivity contribution >= 4 is 43.2 Å². The van der Waals surface area contributed by atoms with Gasteiger partial charge in [0.1, 0.15) is 0 Å². The van der Waals surface area contributed by atoms with Gasteiger partial charge in [0.05, 0.1) is 0 Å². The van der Waals surface area contributed by atoms with E-state index in [1.54, 1.807) is 0 Å². The lowest BCUT2D eigenvalue weighted by atomic mass is 10.2. The average Bonchev–Trinajstić information content (AvgIpc) is 2.43. The van der Waals surface area contributed by atoms with Gasteiger partial charge in [-0.3, -0.25) is 0 Å². The third-order valence-corrected chi connectivity index (χ3v) is 5.50. The van der Waals surface area contributed by atoms with Crippen LogP contribution < -0.4 is 0 Å². The molecule has 1 aromatic rings. The van der Waals surface area contributed by atoms with Crippen LogP contribution in [0.15, 0.2) is 10.5 Å². The molecule has 0 nitrogen and oxygen atoms in total. The molecule has 0 radical (unpaired) electrons. The standard InChI is InChI=1S/C10H14Br2S/c1-3-4-5-8(11)10-6-9(12)7(2)13-10/h6,8H,3-5H2,1-2H3. The van der Waals surface area contributed by atoms with Crippen LogP contribution in [-0.4, -0.2) is 0 Å². The smallest absolute Gasteiger partial charge is 0.0489 e. The van der Waals surface area contributed by atoms with Crippen LogP contribution in [0.3, 0.4) is 0 Å². The Kier molecular flexibility index (Phi) is 4.98. The Bertz CT molecular complexity index is 248. The SMILES string of the molecule is CCCCC(Br)c1cc(Br)c(C)s1. The predicted octanol–water partition coefficient (Wildman–Crippen LogP) is 5.45. The van der Waals surface area contributed by atoms with Gasteiger partial charge in [-0.1, -0.05) is 35.7 Å². The summed E-state index contributed by atoms with van der Waals surface area (Å²) >= 11 is 9.15. The largest absolute Gasteiger partial charge is 0.143 e. The summed E-state index contributed by atoms with van der Waals surface area (Å²) in [7, 11) is 0. The van der Waals surface area contributed by atoms with E-state index in [0.29, 0.717) is 4.83 Å². The number of alkyl halides is 1. The minimum atomic E-state index is 0.544. The van der Waals surface area contributed by atoms with Gasteiger partial charge in [0.15, 0.2) is 0 Å². The molecule has 0 N–H and O–H groups in total. The maximum absolute atomic E-state index is 3.72. The lowest BCUT2D eigenvalue weighted by Crippen LogP contribution is -1.84. The van der Waals surface area contributed by atoms with Crippen molar-refractivity contribution in [3.05, 3.63) is 20.3 Å². The molecule has 0 amide bonds. The number of unbranched alkanes of at least 4 members (excludes halogenated alkanes) is 1. The monoisotopic (exact) mass is 324 g/mol. The van der Waals surface area contributed by atoms with Crippen LogP contribution in [0, 0.1) is 6.92 Å². The van der Waals surface area contributed by atoms with Crippen molar-refractivity contribution in [3.63, 3.8) is 0 Å². The second kappa shape index (κ2) is 5.52. The first kappa shape index (κ1) is 11.7. The van der Waals surface area contributed by atoms with E-state index in [2.05, 4.69) is 51.8 Å². The zero-order chi connectivity index (χ0) is 9.84. The van der Waals surface area contributed by atoms with Crippen LogP contribution in [0.1, 0.15) is 40.8 Å². The van der Waals surface area contributed by atoms with Gasteiger partial charge >= 0.3 is 0 Å². The summed E-state index contributed by atoms with van der Waals surface area (Å²) in [6.07, 6.45) is 3.81. The molecule has 0 aliphatic heterocycles. The van der Waals surface area contributed by atoms with E-state index in [9.17, 15) is 0 Å². The zero-order valence-electron chi connectivity index (χ0n) is 7.94. The van der Waals surface area contributed by atoms with Gasteiger partial charge in [0, 0.05) is 19.1 Å². The van der Waals surface area contributed by atoms with Crippen molar-refractivity contribution in [2.75, 3.05) is 0 Å². The Balaban J connectivity index is 2.60. The zero-order valence-corrected chi connectivity index (χ0v) is 11.9. The van der Waals surface area contributed by atoms with Crippen molar-refractivity contribution in [2.24, 2.45) is 0 Å². The summed E-state index contributed by atoms with van der Waals surface area (Å²) in [5, 5.41) is 0. The first-order chi connectivity index (χ1) is 6.15. The van der Waals surface area contributed by atoms with E-state index in [4.69, 9.17) is 0 Å². The molecule has 1 unspecified atom stereocenters. The molecular weight excluding hydrogens is 312 g/mol. The maximum Gasteiger partial charge on any atom is 0.0489 e. The summed E-state index contributed by atoms with van der Waals surface area (Å²) < 4.78 is 1.24. The summed E-state index contributed by atoms with van der Waals surface area (Å²) in [5.41, 5.74) is 0. The first-order valence-corrected chi connectivity index (χ1v) is 7.07. The number of hydrogen-bond donors (Lipinski definition) is 0. The quantitative estimate of drug-likeness (QED) is 0.646. The summed E-state index contributed by atoms with van der Waals surface area (Å²) in [4.78, 5) is 3.36. The fourth-order valence-corrected chi connectivity index (χ4v) is 3.47. The summed E-state index contributed by atoms with van der Waals surface area (Å²) in [6, 6.07) is 2.23. The number of hydrogen-bond acceptors (Lipinski definition) is 1. The molecule has 3 heteroatoms. The molecule has 0 aliphatic carbocycles. The highest BCUT2D eigenvalue weighted by molar-refractivity contribution is 9.10. The number of rotatable bonds is 4. The lowest BCUT2D eigenvalue weighted by Gasteiger charge is -2.04. The predicted molar refractivity (Wildman–Crippen MR) is 67.9 cm³/mol. The summed E-state index contributed by atoms with van der Waals surface area (Å²) in [6.45, 7) is 4.38. The highest BCUT2D eigenvalue weighted by Crippen LogP contribution is 2.37. The molecule has 0 saturated carbocycles. The average molecular weight is 326 g/mol. The second-order valence-corrected chi connectivity index (χ2v) is 6.41. The van der Waals surface area contributed by atoms with Crippen molar-refractivity contribution < 1.29 is 0 Å². The molecule has 13 heavy (non-hydrogen) atoms. The van der Waals surface area contributed by atoms with E-state index >= 15 is 0 Å². The van der Waals surface area contributed by atoms with Crippen molar-refractivity contribution in [1.82, 2.24) is 0 Å². The van der Waals surface area contributed by atoms with E-state index in [0.717, 1.165) is 0 Å². The van der Waals surface area contributed by atoms with Gasteiger partial charge in [-0.05, 0) is 35.3 Å². The maximum atomic E-state index is 3.72. The lowest BCUT2D eigenvalue weighted by molar-refractivity contribution is 0.718. The topological polar surface area (TPSA) is 0 Å². The third kappa shape index (κ3) is 3.37. The van der Waals surface area contributed by atoms with Crippen molar-refractivity contribution in [3.8, 4) is 0 Å². The fraction of sp³-hybridized carbons (Fsp3) is 0.600. The molecule has 0 aliphatic rings. The van der Waals surface area contributed by atoms with Gasteiger partial charge in [-0.2, -0.15) is 0 Å². The van der Waals surface area contributed by atoms with Crippen LogP contribution in [0.25, 0.3) is 0 Å². The molecule has 1 aromatic heterocycles. The molecule has 1 rings (SSSR count). The molecule has 1 heterocycles. The minimum Gasteiger partial charge on any atom is -0.143 e. The normalized spacial score (nSPS) is 13.2. The van der Waals surface area contributed by atoms with Crippen LogP contribution in [0.5, 0.6) is 0 Å². The summed E-state index contributed by atoms with van der Waals surface area (Å²) in [5.74, 6) is 0. The Morgan fingerprint density at radius 1 is 1.54 bits per heavy atom. The Labute approximate surface area is 101 Å². The van der Waals surface area contributed by atoms with Gasteiger partial charge in [-0.15, -0.1) is 11.3 Å². The number of thiophene rings is 1. The number of halogens is 2. The highest BCUT2D eigenvalue weighted by atomic mass is 79.9. The first-order valence-electron chi connectivity index (χ1n) is 4.55. The molecule has 0 spiro atoms. The van der Waals surface area contributed by atoms with E-state index in [1.165, 1.54) is 33.5 Å². The molecular formula is C10H14Br2S. The van der Waals surface area contributed by atoms with Gasteiger partial charge in [0.2, 0.25) is 0 Å². The van der Waals surface area contributed by atoms with Crippen molar-refractivity contribution in [1.29, 1.82) is 0 Å². The minimum absolute atomic E-state index is 0.544. The van der Waals surface area contributed by atoms with E-state index in [1.807, 2.05) is 11.3 Å². The Morgan fingerprint density at radius 3 is 2.69 bits per heavy atom. The third-order valence-electron chi connectivity index (χ3n) is 2.00. The van der Waals surface area contributed by atoms with E-state index in [-0.39, 0.29) is 0 Å². The molecule has 1 atom stereocenters. The van der Waals surface area contributed by atoms with Crippen LogP contribution >= 0.6 is 43.2 Å². The van der Waals surface area contributed by atoms with Crippen LogP contribution in [0.2, 0.25) is 0 Å². The van der Waals surface area contributed by atoms with Crippen molar-refractivity contribution in [2.45, 2.75) is 37.9 Å². The molecule has 74 valence electrons. The van der Waals surface area contributed by atoms with Gasteiger partial charge < -0.3 is 0 Å². The molecule has 0 aromatic carbocycles. The Morgan fingerprint density at radius 2 is 2.23 bits per heavy atom. The van der Waals surface area contributed by atoms with Crippen LogP contribution in [-0.2, 0) is 0 Å². The highest BCUT2D eigenvalue weighted by Gasteiger charge is 2.11. The number of aryl methyl sites for hydroxylation is 1. The van der Waals surface area contributed by atoms with Crippen LogP contribution in [0.4, 0.5) is 0 Å². The molecule has 0 saturated heterocycles. The molecule has 0 bridgehead atoms. The molecule has 0 fully saturated rings. The van der Waals surface area contributed by atoms with E-state index < -0.39 is 0 Å². The Hall–Kier alpha value is 0.660. The van der Waals surface area contributed by atoms with Gasteiger partial charge in [0.25, 0.3) is 0 Å². The fourth-order valence-electron chi connectivity index (χ4n) is 1.16. The second-order valence-electron chi connectivity index (χ2n) is 3.16.